The van der Waals surface area contributed by atoms with Crippen molar-refractivity contribution in [3.63, 3.8) is 0 Å². The lowest BCUT2D eigenvalue weighted by atomic mass is 9.86. The first-order valence-electron chi connectivity index (χ1n) is 2.54. The second kappa shape index (κ2) is 2.53. The Hall–Kier alpha value is -1.65. The van der Waals surface area contributed by atoms with Crippen LogP contribution in [0.4, 0.5) is 0 Å². The molecule has 56 valence electrons. The summed E-state index contributed by atoms with van der Waals surface area (Å²) in [6.45, 7) is 0. The van der Waals surface area contributed by atoms with Crippen LogP contribution in [0.1, 0.15) is 0 Å². The summed E-state index contributed by atoms with van der Waals surface area (Å²) < 4.78 is 0. The zero-order valence-corrected chi connectivity index (χ0v) is 5.57. The van der Waals surface area contributed by atoms with Crippen LogP contribution in [0.3, 0.4) is 0 Å². The highest BCUT2D eigenvalue weighted by molar-refractivity contribution is 5.32. The van der Waals surface area contributed by atoms with Crippen molar-refractivity contribution in [3.8, 4) is 18.2 Å². The van der Waals surface area contributed by atoms with Crippen LogP contribution in [0.15, 0.2) is 0 Å². The van der Waals surface area contributed by atoms with Gasteiger partial charge in [-0.1, -0.05) is 0 Å². The van der Waals surface area contributed by atoms with Gasteiger partial charge in [0.1, 0.15) is 18.2 Å². The maximum absolute atomic E-state index is 8.38. The molecular weight excluding hydrogens is 144 g/mol. The van der Waals surface area contributed by atoms with E-state index in [1.807, 2.05) is 0 Å². The van der Waals surface area contributed by atoms with Gasteiger partial charge in [0.05, 0.1) is 0 Å². The van der Waals surface area contributed by atoms with E-state index >= 15 is 0 Å². The standard InChI is InChI=1S/C5H6N6/c6-1-4(2-7,3-8)5(9,10)11/h9-11H2. The van der Waals surface area contributed by atoms with Gasteiger partial charge in [-0.15, -0.1) is 0 Å². The van der Waals surface area contributed by atoms with Crippen molar-refractivity contribution in [1.29, 1.82) is 15.8 Å². The van der Waals surface area contributed by atoms with Crippen LogP contribution >= 0.6 is 0 Å². The molecule has 6 heteroatoms. The normalized spacial score (nSPS) is 10.9. The van der Waals surface area contributed by atoms with E-state index in [1.165, 1.54) is 18.2 Å². The maximum atomic E-state index is 8.38. The Labute approximate surface area is 63.4 Å². The molecule has 0 heterocycles. The molecule has 0 bridgehead atoms. The molecule has 0 aromatic heterocycles. The van der Waals surface area contributed by atoms with Crippen LogP contribution in [0, 0.1) is 39.4 Å². The van der Waals surface area contributed by atoms with Crippen molar-refractivity contribution in [1.82, 2.24) is 0 Å². The van der Waals surface area contributed by atoms with Crippen LogP contribution in [0.2, 0.25) is 0 Å². The van der Waals surface area contributed by atoms with Crippen LogP contribution in [0.25, 0.3) is 0 Å². The van der Waals surface area contributed by atoms with Crippen LogP contribution in [-0.2, 0) is 0 Å². The molecule has 6 nitrogen and oxygen atoms in total. The number of nitrogens with two attached hydrogens (primary N) is 3. The molecule has 0 aromatic rings. The summed E-state index contributed by atoms with van der Waals surface area (Å²) in [5.41, 5.74) is 12.9. The van der Waals surface area contributed by atoms with Crippen molar-refractivity contribution >= 4 is 0 Å². The first kappa shape index (κ1) is 9.35. The van der Waals surface area contributed by atoms with Gasteiger partial charge in [-0.2, -0.15) is 15.8 Å². The molecule has 0 radical (unpaired) electrons. The van der Waals surface area contributed by atoms with Crippen LogP contribution < -0.4 is 17.2 Å². The van der Waals surface area contributed by atoms with E-state index in [0.29, 0.717) is 0 Å². The van der Waals surface area contributed by atoms with Crippen molar-refractivity contribution in [2.45, 2.75) is 5.79 Å². The average molecular weight is 150 g/mol. The Morgan fingerprint density at radius 2 is 1.09 bits per heavy atom. The van der Waals surface area contributed by atoms with E-state index in [9.17, 15) is 0 Å². The predicted octanol–water partition coefficient (Wildman–Crippen LogP) is -1.93. The van der Waals surface area contributed by atoms with E-state index in [4.69, 9.17) is 33.0 Å². The summed E-state index contributed by atoms with van der Waals surface area (Å²) in [6, 6.07) is 4.07. The molecule has 0 amide bonds. The van der Waals surface area contributed by atoms with E-state index in [-0.39, 0.29) is 0 Å². The lowest BCUT2D eigenvalue weighted by molar-refractivity contribution is 0.337. The molecule has 6 N–H and O–H groups in total. The highest BCUT2D eigenvalue weighted by Crippen LogP contribution is 2.18. The maximum Gasteiger partial charge on any atom is 0.272 e. The van der Waals surface area contributed by atoms with Gasteiger partial charge in [0, 0.05) is 0 Å². The third kappa shape index (κ3) is 1.26. The molecule has 0 rings (SSSR count). The SMILES string of the molecule is N#CC(C#N)(C#N)C(N)(N)N. The smallest absolute Gasteiger partial charge is 0.272 e. The molecule has 11 heavy (non-hydrogen) atoms. The van der Waals surface area contributed by atoms with Gasteiger partial charge >= 0.3 is 0 Å². The van der Waals surface area contributed by atoms with Gasteiger partial charge in [-0.25, -0.2) is 0 Å². The minimum Gasteiger partial charge on any atom is -0.298 e. The predicted molar refractivity (Wildman–Crippen MR) is 34.6 cm³/mol. The van der Waals surface area contributed by atoms with Crippen molar-refractivity contribution < 1.29 is 0 Å². The van der Waals surface area contributed by atoms with Crippen molar-refractivity contribution in [2.24, 2.45) is 22.6 Å². The van der Waals surface area contributed by atoms with Crippen molar-refractivity contribution in [2.75, 3.05) is 0 Å². The minimum absolute atomic E-state index is 1.36. The third-order valence-electron chi connectivity index (χ3n) is 1.15. The lowest BCUT2D eigenvalue weighted by Crippen LogP contribution is -2.68. The monoisotopic (exact) mass is 150 g/mol. The Morgan fingerprint density at radius 1 is 0.818 bits per heavy atom. The molecule has 0 spiro atoms. The van der Waals surface area contributed by atoms with E-state index < -0.39 is 11.2 Å². The van der Waals surface area contributed by atoms with E-state index in [0.717, 1.165) is 0 Å². The molecule has 0 saturated carbocycles. The molecular formula is C5H6N6. The summed E-state index contributed by atoms with van der Waals surface area (Å²) in [5.74, 6) is -2.12. The Bertz CT molecular complexity index is 229. The van der Waals surface area contributed by atoms with Gasteiger partial charge < -0.3 is 0 Å². The highest BCUT2D eigenvalue weighted by atomic mass is 15.1. The highest BCUT2D eigenvalue weighted by Gasteiger charge is 2.46. The molecule has 0 saturated heterocycles. The number of hydrogen-bond acceptors (Lipinski definition) is 6. The topological polar surface area (TPSA) is 149 Å². The summed E-state index contributed by atoms with van der Waals surface area (Å²) in [4.78, 5) is 0. The molecule has 0 aliphatic carbocycles. The number of hydrogen-bond donors (Lipinski definition) is 3. The van der Waals surface area contributed by atoms with Gasteiger partial charge in [0.25, 0.3) is 5.41 Å². The quantitative estimate of drug-likeness (QED) is 0.370. The number of nitrogens with zero attached hydrogens (tertiary/aromatic N) is 3. The van der Waals surface area contributed by atoms with Crippen molar-refractivity contribution in [3.05, 3.63) is 0 Å². The zero-order valence-electron chi connectivity index (χ0n) is 5.57. The van der Waals surface area contributed by atoms with E-state index in [1.54, 1.807) is 0 Å². The molecule has 0 fully saturated rings. The van der Waals surface area contributed by atoms with Gasteiger partial charge in [0.15, 0.2) is 5.79 Å². The second-order valence-corrected chi connectivity index (χ2v) is 2.02. The largest absolute Gasteiger partial charge is 0.298 e. The fourth-order valence-corrected chi connectivity index (χ4v) is 0.365. The van der Waals surface area contributed by atoms with Gasteiger partial charge in [-0.05, 0) is 0 Å². The molecule has 0 aliphatic rings. The first-order chi connectivity index (χ1) is 4.93. The Morgan fingerprint density at radius 3 is 1.09 bits per heavy atom. The number of nitriles is 3. The summed E-state index contributed by atoms with van der Waals surface area (Å²) in [5, 5.41) is 25.1. The third-order valence-corrected chi connectivity index (χ3v) is 1.15. The summed E-state index contributed by atoms with van der Waals surface area (Å²) in [6.07, 6.45) is 0. The summed E-state index contributed by atoms with van der Waals surface area (Å²) in [7, 11) is 0. The Balaban J connectivity index is 5.16. The molecule has 0 unspecified atom stereocenters. The first-order valence-corrected chi connectivity index (χ1v) is 2.54. The summed E-state index contributed by atoms with van der Waals surface area (Å²) >= 11 is 0. The fraction of sp³-hybridized carbons (Fsp3) is 0.400. The second-order valence-electron chi connectivity index (χ2n) is 2.02. The lowest BCUT2D eigenvalue weighted by Gasteiger charge is -2.25. The Kier molecular flexibility index (Phi) is 2.15. The molecule has 0 aliphatic heterocycles. The van der Waals surface area contributed by atoms with Gasteiger partial charge in [-0.3, -0.25) is 17.2 Å². The minimum atomic E-state index is -2.19. The average Bonchev–Trinajstić information content (AvgIpc) is 1.90. The molecule has 0 atom stereocenters. The zero-order chi connectivity index (χ0) is 9.12. The number of rotatable bonds is 1. The van der Waals surface area contributed by atoms with Crippen LogP contribution in [0.5, 0.6) is 0 Å². The van der Waals surface area contributed by atoms with Crippen LogP contribution in [-0.4, -0.2) is 5.79 Å². The molecule has 0 aromatic carbocycles. The fourth-order valence-electron chi connectivity index (χ4n) is 0.365. The van der Waals surface area contributed by atoms with Gasteiger partial charge in [0.2, 0.25) is 0 Å². The van der Waals surface area contributed by atoms with E-state index in [2.05, 4.69) is 0 Å².